The van der Waals surface area contributed by atoms with Crippen molar-refractivity contribution >= 4 is 11.3 Å². The van der Waals surface area contributed by atoms with Gasteiger partial charge in [0.15, 0.2) is 5.82 Å². The lowest BCUT2D eigenvalue weighted by Crippen LogP contribution is -2.21. The van der Waals surface area contributed by atoms with Gasteiger partial charge in [0.1, 0.15) is 0 Å². The summed E-state index contributed by atoms with van der Waals surface area (Å²) in [4.78, 5) is 13.6. The molecule has 4 nitrogen and oxygen atoms in total. The molecule has 1 atom stereocenters. The van der Waals surface area contributed by atoms with E-state index in [2.05, 4.69) is 21.9 Å². The Morgan fingerprint density at radius 1 is 1.31 bits per heavy atom. The maximum Gasteiger partial charge on any atom is 0.171 e. The van der Waals surface area contributed by atoms with Gasteiger partial charge in [0.25, 0.3) is 0 Å². The second kappa shape index (κ2) is 5.14. The molecule has 2 heterocycles. The molecule has 2 aromatic heterocycles. The van der Waals surface area contributed by atoms with Crippen LogP contribution < -0.4 is 5.73 Å². The molecule has 0 aliphatic carbocycles. The zero-order valence-corrected chi connectivity index (χ0v) is 9.94. The summed E-state index contributed by atoms with van der Waals surface area (Å²) in [6.45, 7) is 2.08. The monoisotopic (exact) mass is 234 g/mol. The summed E-state index contributed by atoms with van der Waals surface area (Å²) < 4.78 is 0. The molecule has 2 aromatic rings. The van der Waals surface area contributed by atoms with E-state index in [1.54, 1.807) is 11.7 Å². The van der Waals surface area contributed by atoms with E-state index < -0.39 is 0 Å². The zero-order valence-electron chi connectivity index (χ0n) is 9.13. The van der Waals surface area contributed by atoms with Crippen molar-refractivity contribution in [3.05, 3.63) is 29.7 Å². The number of nitrogens with two attached hydrogens (primary N) is 1. The first-order chi connectivity index (χ1) is 7.79. The Hall–Kier alpha value is -1.33. The molecule has 0 bridgehead atoms. The summed E-state index contributed by atoms with van der Waals surface area (Å²) in [6.07, 6.45) is 7.27. The van der Waals surface area contributed by atoms with Crippen LogP contribution in [0.1, 0.15) is 18.9 Å². The highest BCUT2D eigenvalue weighted by atomic mass is 32.1. The summed E-state index contributed by atoms with van der Waals surface area (Å²) in [7, 11) is 0. The van der Waals surface area contributed by atoms with E-state index in [9.17, 15) is 0 Å². The highest BCUT2D eigenvalue weighted by molar-refractivity contribution is 7.13. The van der Waals surface area contributed by atoms with Gasteiger partial charge in [-0.1, -0.05) is 6.92 Å². The molecule has 1 unspecified atom stereocenters. The van der Waals surface area contributed by atoms with Gasteiger partial charge in [-0.15, -0.1) is 11.3 Å². The van der Waals surface area contributed by atoms with E-state index in [1.807, 2.05) is 12.4 Å². The molecule has 0 aromatic carbocycles. The summed E-state index contributed by atoms with van der Waals surface area (Å²) >= 11 is 1.54. The maximum atomic E-state index is 5.87. The summed E-state index contributed by atoms with van der Waals surface area (Å²) in [6, 6.07) is 0.192. The topological polar surface area (TPSA) is 64.7 Å². The highest BCUT2D eigenvalue weighted by Gasteiger charge is 2.05. The smallest absolute Gasteiger partial charge is 0.171 e. The van der Waals surface area contributed by atoms with Gasteiger partial charge in [-0.2, -0.15) is 0 Å². The standard InChI is InChI=1S/C11H14N4S/c1-2-9(12)3-8-4-14-11(15-5-8)10-6-13-7-16-10/h4-7,9H,2-3,12H2,1H3. The first-order valence-electron chi connectivity index (χ1n) is 5.25. The quantitative estimate of drug-likeness (QED) is 0.877. The highest BCUT2D eigenvalue weighted by Crippen LogP contribution is 2.18. The van der Waals surface area contributed by atoms with Crippen molar-refractivity contribution in [1.29, 1.82) is 0 Å². The van der Waals surface area contributed by atoms with Gasteiger partial charge in [-0.05, 0) is 18.4 Å². The van der Waals surface area contributed by atoms with Crippen LogP contribution in [0.2, 0.25) is 0 Å². The Morgan fingerprint density at radius 2 is 2.06 bits per heavy atom. The summed E-state index contributed by atoms with van der Waals surface area (Å²) in [5.74, 6) is 0.733. The fourth-order valence-electron chi connectivity index (χ4n) is 1.36. The minimum absolute atomic E-state index is 0.192. The molecule has 0 saturated carbocycles. The number of nitrogens with zero attached hydrogens (tertiary/aromatic N) is 3. The molecule has 0 amide bonds. The van der Waals surface area contributed by atoms with Gasteiger partial charge in [-0.3, -0.25) is 4.98 Å². The molecular formula is C11H14N4S. The predicted molar refractivity (Wildman–Crippen MR) is 65.1 cm³/mol. The number of thiazole rings is 1. The van der Waals surface area contributed by atoms with Crippen LogP contribution in [0.15, 0.2) is 24.1 Å². The normalized spacial score (nSPS) is 12.6. The molecular weight excluding hydrogens is 220 g/mol. The largest absolute Gasteiger partial charge is 0.327 e. The van der Waals surface area contributed by atoms with Crippen molar-refractivity contribution in [3.63, 3.8) is 0 Å². The Bertz CT molecular complexity index is 424. The van der Waals surface area contributed by atoms with E-state index in [0.29, 0.717) is 0 Å². The minimum atomic E-state index is 0.192. The van der Waals surface area contributed by atoms with Gasteiger partial charge < -0.3 is 5.73 Å². The van der Waals surface area contributed by atoms with E-state index in [4.69, 9.17) is 5.73 Å². The fraction of sp³-hybridized carbons (Fsp3) is 0.364. The Morgan fingerprint density at radius 3 is 2.62 bits per heavy atom. The van der Waals surface area contributed by atoms with Crippen LogP contribution in [-0.4, -0.2) is 21.0 Å². The SMILES string of the molecule is CCC(N)Cc1cnc(-c2cncs2)nc1. The van der Waals surface area contributed by atoms with Crippen LogP contribution in [0.4, 0.5) is 0 Å². The van der Waals surface area contributed by atoms with Crippen LogP contribution in [0.3, 0.4) is 0 Å². The third kappa shape index (κ3) is 2.62. The van der Waals surface area contributed by atoms with Crippen molar-refractivity contribution in [1.82, 2.24) is 15.0 Å². The Labute approximate surface area is 98.6 Å². The molecule has 84 valence electrons. The van der Waals surface area contributed by atoms with Gasteiger partial charge >= 0.3 is 0 Å². The second-order valence-electron chi connectivity index (χ2n) is 3.65. The zero-order chi connectivity index (χ0) is 11.4. The van der Waals surface area contributed by atoms with Gasteiger partial charge in [0.2, 0.25) is 0 Å². The lowest BCUT2D eigenvalue weighted by Gasteiger charge is -2.07. The average molecular weight is 234 g/mol. The molecule has 5 heteroatoms. The van der Waals surface area contributed by atoms with E-state index in [-0.39, 0.29) is 6.04 Å². The van der Waals surface area contributed by atoms with Crippen molar-refractivity contribution < 1.29 is 0 Å². The minimum Gasteiger partial charge on any atom is -0.327 e. The third-order valence-corrected chi connectivity index (χ3v) is 3.15. The van der Waals surface area contributed by atoms with Crippen molar-refractivity contribution in [2.75, 3.05) is 0 Å². The van der Waals surface area contributed by atoms with Crippen LogP contribution >= 0.6 is 11.3 Å². The molecule has 0 saturated heterocycles. The maximum absolute atomic E-state index is 5.87. The first kappa shape index (κ1) is 11.2. The second-order valence-corrected chi connectivity index (χ2v) is 4.54. The predicted octanol–water partition coefficient (Wildman–Crippen LogP) is 1.88. The van der Waals surface area contributed by atoms with Crippen LogP contribution in [-0.2, 0) is 6.42 Å². The molecule has 0 fully saturated rings. The molecule has 2 N–H and O–H groups in total. The van der Waals surface area contributed by atoms with Gasteiger partial charge in [-0.25, -0.2) is 9.97 Å². The molecule has 2 rings (SSSR count). The van der Waals surface area contributed by atoms with Crippen molar-refractivity contribution in [2.45, 2.75) is 25.8 Å². The molecule has 16 heavy (non-hydrogen) atoms. The number of hydrogen-bond acceptors (Lipinski definition) is 5. The fourth-order valence-corrected chi connectivity index (χ4v) is 1.93. The Balaban J connectivity index is 2.11. The first-order valence-corrected chi connectivity index (χ1v) is 6.13. The van der Waals surface area contributed by atoms with Gasteiger partial charge in [0.05, 0.1) is 10.4 Å². The molecule has 0 radical (unpaired) electrons. The molecule has 0 aliphatic rings. The van der Waals surface area contributed by atoms with Crippen molar-refractivity contribution in [3.8, 4) is 10.7 Å². The van der Waals surface area contributed by atoms with Gasteiger partial charge in [0, 0.05) is 24.6 Å². The van der Waals surface area contributed by atoms with Crippen molar-refractivity contribution in [2.24, 2.45) is 5.73 Å². The van der Waals surface area contributed by atoms with E-state index in [1.165, 1.54) is 11.3 Å². The Kier molecular flexibility index (Phi) is 3.58. The lowest BCUT2D eigenvalue weighted by molar-refractivity contribution is 0.643. The average Bonchev–Trinajstić information content (AvgIpc) is 2.83. The number of hydrogen-bond donors (Lipinski definition) is 1. The number of rotatable bonds is 4. The van der Waals surface area contributed by atoms with Crippen LogP contribution in [0.25, 0.3) is 10.7 Å². The molecule has 0 aliphatic heterocycles. The number of aromatic nitrogens is 3. The lowest BCUT2D eigenvalue weighted by atomic mass is 10.1. The van der Waals surface area contributed by atoms with E-state index in [0.717, 1.165) is 29.1 Å². The summed E-state index contributed by atoms with van der Waals surface area (Å²) in [5, 5.41) is 0. The van der Waals surface area contributed by atoms with Crippen LogP contribution in [0.5, 0.6) is 0 Å². The summed E-state index contributed by atoms with van der Waals surface area (Å²) in [5.41, 5.74) is 8.74. The van der Waals surface area contributed by atoms with Crippen LogP contribution in [0, 0.1) is 0 Å². The third-order valence-electron chi connectivity index (χ3n) is 2.38. The van der Waals surface area contributed by atoms with E-state index >= 15 is 0 Å². The molecule has 0 spiro atoms.